The highest BCUT2D eigenvalue weighted by Gasteiger charge is 2.24. The van der Waals surface area contributed by atoms with Crippen LogP contribution in [0.2, 0.25) is 10.0 Å². The van der Waals surface area contributed by atoms with Crippen LogP contribution in [0, 0.1) is 0 Å². The number of halogens is 2. The molecule has 4 rings (SSSR count). The normalized spacial score (nSPS) is 14.6. The summed E-state index contributed by atoms with van der Waals surface area (Å²) in [5.74, 6) is 0.339. The van der Waals surface area contributed by atoms with Crippen LogP contribution in [-0.4, -0.2) is 52.2 Å². The highest BCUT2D eigenvalue weighted by Crippen LogP contribution is 2.37. The summed E-state index contributed by atoms with van der Waals surface area (Å²) < 4.78 is 0. The number of piperidine rings is 1. The predicted molar refractivity (Wildman–Crippen MR) is 145 cm³/mol. The minimum Gasteiger partial charge on any atom is -0.348 e. The van der Waals surface area contributed by atoms with Crippen molar-refractivity contribution in [1.29, 1.82) is 0 Å². The number of carbonyl (C=O) groups excluding carboxylic acids is 2. The van der Waals surface area contributed by atoms with Crippen molar-refractivity contribution in [3.63, 3.8) is 0 Å². The van der Waals surface area contributed by atoms with Gasteiger partial charge in [-0.15, -0.1) is 11.3 Å². The largest absolute Gasteiger partial charge is 0.348 e. The zero-order valence-electron chi connectivity index (χ0n) is 20.0. The summed E-state index contributed by atoms with van der Waals surface area (Å²) in [5, 5.41) is 6.26. The maximum absolute atomic E-state index is 13.0. The number of thiazole rings is 1. The molecule has 0 atom stereocenters. The van der Waals surface area contributed by atoms with Crippen molar-refractivity contribution in [3.05, 3.63) is 44.2 Å². The van der Waals surface area contributed by atoms with Crippen LogP contribution >= 0.6 is 45.9 Å². The third kappa shape index (κ3) is 6.21. The van der Waals surface area contributed by atoms with E-state index in [1.54, 1.807) is 6.07 Å². The van der Waals surface area contributed by atoms with Gasteiger partial charge in [-0.2, -0.15) is 0 Å². The molecule has 4 heterocycles. The summed E-state index contributed by atoms with van der Waals surface area (Å²) in [5.41, 5.74) is 1.12. The first-order valence-corrected chi connectivity index (χ1v) is 13.7. The first-order chi connectivity index (χ1) is 16.5. The molecule has 0 spiro atoms. The van der Waals surface area contributed by atoms with Gasteiger partial charge in [0.25, 0.3) is 5.91 Å². The van der Waals surface area contributed by atoms with E-state index in [2.05, 4.69) is 43.0 Å². The van der Waals surface area contributed by atoms with Crippen molar-refractivity contribution in [2.75, 3.05) is 30.4 Å². The van der Waals surface area contributed by atoms with Gasteiger partial charge < -0.3 is 4.90 Å². The predicted octanol–water partition coefficient (Wildman–Crippen LogP) is 6.23. The zero-order chi connectivity index (χ0) is 25.3. The average molecular weight is 553 g/mol. The van der Waals surface area contributed by atoms with Crippen molar-refractivity contribution in [2.45, 2.75) is 45.7 Å². The van der Waals surface area contributed by atoms with Gasteiger partial charge in [-0.1, -0.05) is 34.5 Å². The van der Waals surface area contributed by atoms with Crippen LogP contribution in [0.4, 0.5) is 10.9 Å². The third-order valence-electron chi connectivity index (χ3n) is 5.88. The van der Waals surface area contributed by atoms with Gasteiger partial charge in [-0.25, -0.2) is 9.97 Å². The molecule has 0 unspecified atom stereocenters. The van der Waals surface area contributed by atoms with Crippen LogP contribution in [0.1, 0.15) is 48.8 Å². The third-order valence-corrected chi connectivity index (χ3v) is 8.40. The molecule has 3 aromatic heterocycles. The van der Waals surface area contributed by atoms with Crippen LogP contribution in [0.25, 0.3) is 10.6 Å². The number of amides is 1. The Balaban J connectivity index is 1.56. The molecule has 1 aliphatic heterocycles. The zero-order valence-corrected chi connectivity index (χ0v) is 23.2. The average Bonchev–Trinajstić information content (AvgIpc) is 3.38. The van der Waals surface area contributed by atoms with E-state index in [0.717, 1.165) is 21.9 Å². The molecule has 11 heteroatoms. The molecule has 0 aliphatic carbocycles. The van der Waals surface area contributed by atoms with Crippen molar-refractivity contribution in [3.8, 4) is 10.6 Å². The Labute approximate surface area is 223 Å². The standard InChI is InChI=1S/C24H27Cl2N5O2S2/c1-24(2,3)30(4)12-19-20(18-9-15(25)13-34-18)28-23(35-19)29-22(33)14-8-17(26)21(27-10-14)31-7-5-6-16(32)11-31/h8-10,13H,5-7,11-12H2,1-4H3,(H,28,29,33). The number of aromatic nitrogens is 2. The van der Waals surface area contributed by atoms with E-state index < -0.39 is 0 Å². The number of rotatable bonds is 6. The van der Waals surface area contributed by atoms with Crippen LogP contribution in [0.3, 0.4) is 0 Å². The first-order valence-electron chi connectivity index (χ1n) is 11.2. The molecule has 35 heavy (non-hydrogen) atoms. The fraction of sp³-hybridized carbons (Fsp3) is 0.417. The van der Waals surface area contributed by atoms with Crippen LogP contribution < -0.4 is 10.2 Å². The number of anilines is 2. The monoisotopic (exact) mass is 551 g/mol. The molecule has 3 aromatic rings. The number of Topliss-reactive ketones (excluding diaryl/α,β-unsaturated/α-hetero) is 1. The van der Waals surface area contributed by atoms with E-state index in [1.807, 2.05) is 16.3 Å². The maximum Gasteiger partial charge on any atom is 0.259 e. The van der Waals surface area contributed by atoms with E-state index >= 15 is 0 Å². The van der Waals surface area contributed by atoms with Crippen molar-refractivity contribution >= 4 is 68.5 Å². The second kappa shape index (κ2) is 10.5. The summed E-state index contributed by atoms with van der Waals surface area (Å²) in [4.78, 5) is 40.0. The van der Waals surface area contributed by atoms with Gasteiger partial charge in [-0.05, 0) is 46.4 Å². The van der Waals surface area contributed by atoms with Gasteiger partial charge >= 0.3 is 0 Å². The van der Waals surface area contributed by atoms with Crippen LogP contribution in [0.5, 0.6) is 0 Å². The Morgan fingerprint density at radius 1 is 1.29 bits per heavy atom. The second-order valence-electron chi connectivity index (χ2n) is 9.49. The number of nitrogens with zero attached hydrogens (tertiary/aromatic N) is 4. The van der Waals surface area contributed by atoms with E-state index in [9.17, 15) is 9.59 Å². The highest BCUT2D eigenvalue weighted by molar-refractivity contribution is 7.17. The lowest BCUT2D eigenvalue weighted by Crippen LogP contribution is -2.37. The van der Waals surface area contributed by atoms with Crippen molar-refractivity contribution < 1.29 is 9.59 Å². The maximum atomic E-state index is 13.0. The molecule has 1 N–H and O–H groups in total. The summed E-state index contributed by atoms with van der Waals surface area (Å²) in [7, 11) is 2.06. The molecule has 1 fully saturated rings. The summed E-state index contributed by atoms with van der Waals surface area (Å²) in [6.07, 6.45) is 2.83. The summed E-state index contributed by atoms with van der Waals surface area (Å²) in [6.45, 7) is 8.14. The number of hydrogen-bond donors (Lipinski definition) is 1. The van der Waals surface area contributed by atoms with Gasteiger partial charge in [0.15, 0.2) is 10.9 Å². The fourth-order valence-electron chi connectivity index (χ4n) is 3.57. The lowest BCUT2D eigenvalue weighted by atomic mass is 10.1. The van der Waals surface area contributed by atoms with E-state index in [0.29, 0.717) is 52.6 Å². The first kappa shape index (κ1) is 26.0. The Morgan fingerprint density at radius 2 is 2.06 bits per heavy atom. The van der Waals surface area contributed by atoms with Gasteiger partial charge in [0, 0.05) is 41.5 Å². The Bertz CT molecular complexity index is 1250. The fourth-order valence-corrected chi connectivity index (χ4v) is 6.04. The minimum absolute atomic E-state index is 0.0269. The van der Waals surface area contributed by atoms with Gasteiger partial charge in [0.1, 0.15) is 5.82 Å². The molecule has 0 saturated carbocycles. The van der Waals surface area contributed by atoms with E-state index in [1.165, 1.54) is 28.9 Å². The SMILES string of the molecule is CN(Cc1sc(NC(=O)c2cnc(N3CCCC(=O)C3)c(Cl)c2)nc1-c1cc(Cl)cs1)C(C)(C)C. The molecule has 0 bridgehead atoms. The molecule has 0 radical (unpaired) electrons. The molecule has 0 aromatic carbocycles. The molecule has 7 nitrogen and oxygen atoms in total. The van der Waals surface area contributed by atoms with Crippen molar-refractivity contribution in [2.24, 2.45) is 0 Å². The smallest absolute Gasteiger partial charge is 0.259 e. The number of ketones is 1. The molecule has 1 amide bonds. The Kier molecular flexibility index (Phi) is 7.83. The number of hydrogen-bond acceptors (Lipinski definition) is 8. The van der Waals surface area contributed by atoms with E-state index in [4.69, 9.17) is 28.2 Å². The van der Waals surface area contributed by atoms with Gasteiger partial charge in [0.2, 0.25) is 0 Å². The second-order valence-corrected chi connectivity index (χ2v) is 12.3. The van der Waals surface area contributed by atoms with Crippen LogP contribution in [-0.2, 0) is 11.3 Å². The van der Waals surface area contributed by atoms with Gasteiger partial charge in [-0.3, -0.25) is 19.8 Å². The molecule has 1 aliphatic rings. The quantitative estimate of drug-likeness (QED) is 0.391. The Morgan fingerprint density at radius 3 is 2.69 bits per heavy atom. The van der Waals surface area contributed by atoms with Crippen LogP contribution in [0.15, 0.2) is 23.7 Å². The molecular formula is C24H27Cl2N5O2S2. The lowest BCUT2D eigenvalue weighted by Gasteiger charge is -2.31. The number of pyridine rings is 1. The molecular weight excluding hydrogens is 525 g/mol. The summed E-state index contributed by atoms with van der Waals surface area (Å²) in [6, 6.07) is 3.47. The molecule has 186 valence electrons. The topological polar surface area (TPSA) is 78.4 Å². The lowest BCUT2D eigenvalue weighted by molar-refractivity contribution is -0.118. The minimum atomic E-state index is -0.346. The highest BCUT2D eigenvalue weighted by atomic mass is 35.5. The number of thiophene rings is 1. The van der Waals surface area contributed by atoms with Crippen molar-refractivity contribution in [1.82, 2.24) is 14.9 Å². The number of carbonyl (C=O) groups is 2. The molecule has 1 saturated heterocycles. The van der Waals surface area contributed by atoms with Gasteiger partial charge in [0.05, 0.1) is 32.7 Å². The summed E-state index contributed by atoms with van der Waals surface area (Å²) >= 11 is 15.6. The number of nitrogens with one attached hydrogen (secondary N) is 1. The van der Waals surface area contributed by atoms with E-state index in [-0.39, 0.29) is 17.2 Å². The Hall–Kier alpha value is -2.04.